The molecule has 0 aromatic heterocycles. The van der Waals surface area contributed by atoms with E-state index in [4.69, 9.17) is 14.2 Å². The maximum Gasteiger partial charge on any atom is 0.324 e. The Hall–Kier alpha value is -2.62. The first-order valence-electron chi connectivity index (χ1n) is 8.67. The first kappa shape index (κ1) is 19.7. The number of benzene rings is 1. The SMILES string of the molecule is CCC(C#N)(C(=O)O)C1CCN(c2cc(OC)c(OC)c(OC)c2)CC1. The first-order valence-corrected chi connectivity index (χ1v) is 8.67. The van der Waals surface area contributed by atoms with Gasteiger partial charge in [-0.3, -0.25) is 4.79 Å². The van der Waals surface area contributed by atoms with Crippen LogP contribution in [0.5, 0.6) is 17.2 Å². The van der Waals surface area contributed by atoms with Crippen molar-refractivity contribution in [1.29, 1.82) is 5.26 Å². The highest BCUT2D eigenvalue weighted by atomic mass is 16.5. The van der Waals surface area contributed by atoms with E-state index in [0.29, 0.717) is 49.6 Å². The molecule has 1 N–H and O–H groups in total. The molecule has 1 aromatic carbocycles. The van der Waals surface area contributed by atoms with Crippen molar-refractivity contribution in [2.45, 2.75) is 26.2 Å². The Morgan fingerprint density at radius 1 is 1.23 bits per heavy atom. The highest BCUT2D eigenvalue weighted by Crippen LogP contribution is 2.43. The Balaban J connectivity index is 2.23. The van der Waals surface area contributed by atoms with Crippen molar-refractivity contribution in [2.24, 2.45) is 11.3 Å². The van der Waals surface area contributed by atoms with Crippen LogP contribution < -0.4 is 19.1 Å². The fourth-order valence-corrected chi connectivity index (χ4v) is 3.71. The zero-order chi connectivity index (χ0) is 19.3. The second-order valence-electron chi connectivity index (χ2n) is 6.39. The smallest absolute Gasteiger partial charge is 0.324 e. The van der Waals surface area contributed by atoms with E-state index in [-0.39, 0.29) is 5.92 Å². The van der Waals surface area contributed by atoms with E-state index in [9.17, 15) is 15.2 Å². The molecule has 1 heterocycles. The van der Waals surface area contributed by atoms with Gasteiger partial charge in [-0.2, -0.15) is 5.26 Å². The lowest BCUT2D eigenvalue weighted by Gasteiger charge is -2.39. The van der Waals surface area contributed by atoms with Gasteiger partial charge in [-0.1, -0.05) is 6.92 Å². The number of carbonyl (C=O) groups is 1. The second kappa shape index (κ2) is 8.17. The van der Waals surface area contributed by atoms with Crippen LogP contribution >= 0.6 is 0 Å². The molecule has 2 rings (SSSR count). The summed E-state index contributed by atoms with van der Waals surface area (Å²) in [7, 11) is 4.70. The number of rotatable bonds is 7. The number of carboxylic acids is 1. The van der Waals surface area contributed by atoms with Gasteiger partial charge in [0.25, 0.3) is 0 Å². The number of nitrogens with zero attached hydrogens (tertiary/aromatic N) is 2. The normalized spacial score (nSPS) is 17.1. The van der Waals surface area contributed by atoms with Gasteiger partial charge in [0.05, 0.1) is 27.4 Å². The minimum atomic E-state index is -1.30. The summed E-state index contributed by atoms with van der Waals surface area (Å²) in [5, 5.41) is 19.1. The van der Waals surface area contributed by atoms with Crippen LogP contribution in [0.15, 0.2) is 12.1 Å². The molecule has 7 nitrogen and oxygen atoms in total. The highest BCUT2D eigenvalue weighted by Gasteiger charge is 2.46. The monoisotopic (exact) mass is 362 g/mol. The third-order valence-corrected chi connectivity index (χ3v) is 5.35. The van der Waals surface area contributed by atoms with Gasteiger partial charge in [-0.05, 0) is 25.2 Å². The van der Waals surface area contributed by atoms with Crippen LogP contribution in [0.4, 0.5) is 5.69 Å². The van der Waals surface area contributed by atoms with Crippen LogP contribution in [0.3, 0.4) is 0 Å². The number of hydrogen-bond donors (Lipinski definition) is 1. The quantitative estimate of drug-likeness (QED) is 0.797. The molecule has 1 aliphatic heterocycles. The van der Waals surface area contributed by atoms with E-state index < -0.39 is 11.4 Å². The van der Waals surface area contributed by atoms with E-state index in [1.807, 2.05) is 12.1 Å². The summed E-state index contributed by atoms with van der Waals surface area (Å²) in [5.41, 5.74) is -0.381. The van der Waals surface area contributed by atoms with Gasteiger partial charge < -0.3 is 24.2 Å². The maximum absolute atomic E-state index is 11.7. The van der Waals surface area contributed by atoms with Crippen LogP contribution in [0.2, 0.25) is 0 Å². The van der Waals surface area contributed by atoms with Crippen molar-refractivity contribution in [3.05, 3.63) is 12.1 Å². The molecule has 0 aliphatic carbocycles. The molecule has 0 amide bonds. The zero-order valence-electron chi connectivity index (χ0n) is 15.7. The van der Waals surface area contributed by atoms with Crippen molar-refractivity contribution in [3.63, 3.8) is 0 Å². The average Bonchev–Trinajstić information content (AvgIpc) is 2.68. The van der Waals surface area contributed by atoms with Gasteiger partial charge in [0.15, 0.2) is 16.9 Å². The summed E-state index contributed by atoms with van der Waals surface area (Å²) in [6, 6.07) is 5.84. The summed E-state index contributed by atoms with van der Waals surface area (Å²) < 4.78 is 16.1. The molecule has 1 saturated heterocycles. The van der Waals surface area contributed by atoms with Gasteiger partial charge in [-0.15, -0.1) is 0 Å². The van der Waals surface area contributed by atoms with Crippen LogP contribution in [0.25, 0.3) is 0 Å². The van der Waals surface area contributed by atoms with Crippen LogP contribution in [-0.2, 0) is 4.79 Å². The Morgan fingerprint density at radius 2 is 1.77 bits per heavy atom. The lowest BCUT2D eigenvalue weighted by Crippen LogP contribution is -2.44. The summed E-state index contributed by atoms with van der Waals surface area (Å²) in [5.74, 6) is 0.514. The van der Waals surface area contributed by atoms with Crippen LogP contribution in [-0.4, -0.2) is 45.5 Å². The Morgan fingerprint density at radius 3 is 2.12 bits per heavy atom. The molecule has 1 fully saturated rings. The Kier molecular flexibility index (Phi) is 6.19. The van der Waals surface area contributed by atoms with Gasteiger partial charge in [0, 0.05) is 30.9 Å². The van der Waals surface area contributed by atoms with E-state index in [2.05, 4.69) is 11.0 Å². The number of methoxy groups -OCH3 is 3. The molecule has 1 aliphatic rings. The number of nitriles is 1. The zero-order valence-corrected chi connectivity index (χ0v) is 15.7. The molecule has 26 heavy (non-hydrogen) atoms. The molecule has 0 saturated carbocycles. The fraction of sp³-hybridized carbons (Fsp3) is 0.579. The van der Waals surface area contributed by atoms with Crippen molar-refractivity contribution in [3.8, 4) is 23.3 Å². The predicted molar refractivity (Wildman–Crippen MR) is 97.0 cm³/mol. The predicted octanol–water partition coefficient (Wildman–Crippen LogP) is 2.93. The van der Waals surface area contributed by atoms with Crippen LogP contribution in [0.1, 0.15) is 26.2 Å². The molecule has 0 radical (unpaired) electrons. The molecule has 1 atom stereocenters. The molecule has 1 aromatic rings. The summed E-state index contributed by atoms with van der Waals surface area (Å²) in [4.78, 5) is 13.8. The molecule has 142 valence electrons. The van der Waals surface area contributed by atoms with Crippen molar-refractivity contribution < 1.29 is 24.1 Å². The van der Waals surface area contributed by atoms with Gasteiger partial charge in [-0.25, -0.2) is 0 Å². The first-order chi connectivity index (χ1) is 12.5. The lowest BCUT2D eigenvalue weighted by atomic mass is 9.70. The number of ether oxygens (including phenoxy) is 3. The Bertz CT molecular complexity index is 667. The third kappa shape index (κ3) is 3.36. The molecular formula is C19H26N2O5. The fourth-order valence-electron chi connectivity index (χ4n) is 3.71. The van der Waals surface area contributed by atoms with E-state index >= 15 is 0 Å². The minimum Gasteiger partial charge on any atom is -0.493 e. The molecule has 0 bridgehead atoms. The topological polar surface area (TPSA) is 92.0 Å². The molecule has 0 spiro atoms. The molecule has 7 heteroatoms. The second-order valence-corrected chi connectivity index (χ2v) is 6.39. The molecular weight excluding hydrogens is 336 g/mol. The largest absolute Gasteiger partial charge is 0.493 e. The van der Waals surface area contributed by atoms with Gasteiger partial charge >= 0.3 is 5.97 Å². The van der Waals surface area contributed by atoms with E-state index in [1.54, 1.807) is 28.3 Å². The highest BCUT2D eigenvalue weighted by molar-refractivity contribution is 5.78. The number of hydrogen-bond acceptors (Lipinski definition) is 6. The third-order valence-electron chi connectivity index (χ3n) is 5.35. The summed E-state index contributed by atoms with van der Waals surface area (Å²) in [6.07, 6.45) is 1.60. The summed E-state index contributed by atoms with van der Waals surface area (Å²) >= 11 is 0. The van der Waals surface area contributed by atoms with Crippen LogP contribution in [0, 0.1) is 22.7 Å². The van der Waals surface area contributed by atoms with Gasteiger partial charge in [0.1, 0.15) is 0 Å². The number of piperidine rings is 1. The van der Waals surface area contributed by atoms with Crippen molar-refractivity contribution in [1.82, 2.24) is 0 Å². The van der Waals surface area contributed by atoms with Gasteiger partial charge in [0.2, 0.25) is 5.75 Å². The van der Waals surface area contributed by atoms with E-state index in [0.717, 1.165) is 5.69 Å². The molecule has 1 unspecified atom stereocenters. The minimum absolute atomic E-state index is 0.159. The maximum atomic E-state index is 11.7. The summed E-state index contributed by atoms with van der Waals surface area (Å²) in [6.45, 7) is 3.10. The average molecular weight is 362 g/mol. The van der Waals surface area contributed by atoms with E-state index in [1.165, 1.54) is 0 Å². The number of aliphatic carboxylic acids is 1. The number of carboxylic acid groups (broad SMARTS) is 1. The Labute approximate surface area is 154 Å². The standard InChI is InChI=1S/C19H26N2O5/c1-5-19(12-20,18(22)23)13-6-8-21(9-7-13)14-10-15(24-2)17(26-4)16(11-14)25-3/h10-11,13H,5-9H2,1-4H3,(H,22,23). The lowest BCUT2D eigenvalue weighted by molar-refractivity contribution is -0.149. The van der Waals surface area contributed by atoms with Crippen molar-refractivity contribution in [2.75, 3.05) is 39.3 Å². The van der Waals surface area contributed by atoms with Crippen molar-refractivity contribution >= 4 is 11.7 Å². The number of anilines is 1.